The minimum atomic E-state index is 0.511. The van der Waals surface area contributed by atoms with Crippen molar-refractivity contribution in [2.75, 3.05) is 16.8 Å². The average molecular weight is 303 g/mol. The summed E-state index contributed by atoms with van der Waals surface area (Å²) in [7, 11) is 0. The zero-order valence-corrected chi connectivity index (χ0v) is 12.7. The summed E-state index contributed by atoms with van der Waals surface area (Å²) in [4.78, 5) is 6.84. The van der Waals surface area contributed by atoms with E-state index in [4.69, 9.17) is 0 Å². The van der Waals surface area contributed by atoms with Crippen molar-refractivity contribution in [2.24, 2.45) is 0 Å². The van der Waals surface area contributed by atoms with E-state index in [9.17, 15) is 0 Å². The number of benzene rings is 2. The van der Waals surface area contributed by atoms with Gasteiger partial charge in [-0.15, -0.1) is 5.10 Å². The Bertz CT molecular complexity index is 803. The molecule has 0 saturated carbocycles. The minimum absolute atomic E-state index is 0.511. The van der Waals surface area contributed by atoms with Crippen LogP contribution >= 0.6 is 0 Å². The molecule has 0 atom stereocenters. The van der Waals surface area contributed by atoms with Gasteiger partial charge in [0, 0.05) is 17.9 Å². The Morgan fingerprint density at radius 1 is 0.957 bits per heavy atom. The van der Waals surface area contributed by atoms with Crippen LogP contribution in [0.2, 0.25) is 0 Å². The third-order valence-corrected chi connectivity index (χ3v) is 3.96. The molecule has 1 aliphatic rings. The van der Waals surface area contributed by atoms with E-state index in [1.165, 1.54) is 11.3 Å². The molecule has 5 heteroatoms. The van der Waals surface area contributed by atoms with Gasteiger partial charge >= 0.3 is 0 Å². The van der Waals surface area contributed by atoms with Gasteiger partial charge in [-0.2, -0.15) is 10.1 Å². The first-order valence-electron chi connectivity index (χ1n) is 7.77. The molecule has 0 spiro atoms. The Morgan fingerprint density at radius 2 is 1.78 bits per heavy atom. The van der Waals surface area contributed by atoms with E-state index in [1.54, 1.807) is 6.20 Å². The van der Waals surface area contributed by atoms with Crippen LogP contribution in [0.25, 0.3) is 0 Å². The van der Waals surface area contributed by atoms with Crippen LogP contribution < -0.4 is 10.2 Å². The number of para-hydroxylation sites is 2. The van der Waals surface area contributed by atoms with Crippen molar-refractivity contribution in [3.8, 4) is 0 Å². The van der Waals surface area contributed by atoms with Crippen LogP contribution in [0.4, 0.5) is 23.1 Å². The number of anilines is 4. The van der Waals surface area contributed by atoms with E-state index in [0.717, 1.165) is 30.9 Å². The van der Waals surface area contributed by atoms with Crippen LogP contribution in [0.15, 0.2) is 60.8 Å². The second-order valence-corrected chi connectivity index (χ2v) is 5.51. The molecule has 114 valence electrons. The van der Waals surface area contributed by atoms with Gasteiger partial charge in [-0.3, -0.25) is 0 Å². The van der Waals surface area contributed by atoms with Crippen LogP contribution in [0, 0.1) is 0 Å². The van der Waals surface area contributed by atoms with E-state index < -0.39 is 0 Å². The molecule has 0 aliphatic carbocycles. The molecular weight excluding hydrogens is 286 g/mol. The van der Waals surface area contributed by atoms with Gasteiger partial charge in [0.1, 0.15) is 0 Å². The van der Waals surface area contributed by atoms with Gasteiger partial charge in [-0.05, 0) is 36.6 Å². The molecule has 1 aromatic heterocycles. The Hall–Kier alpha value is -2.95. The van der Waals surface area contributed by atoms with Crippen LogP contribution in [0.5, 0.6) is 0 Å². The zero-order valence-electron chi connectivity index (χ0n) is 12.7. The maximum atomic E-state index is 4.63. The number of fused-ring (bicyclic) bond motifs is 1. The molecule has 1 N–H and O–H groups in total. The van der Waals surface area contributed by atoms with Gasteiger partial charge in [0.15, 0.2) is 5.82 Å². The molecule has 0 fully saturated rings. The maximum absolute atomic E-state index is 4.63. The van der Waals surface area contributed by atoms with E-state index in [2.05, 4.69) is 49.7 Å². The van der Waals surface area contributed by atoms with E-state index in [-0.39, 0.29) is 0 Å². The fourth-order valence-corrected chi connectivity index (χ4v) is 2.90. The van der Waals surface area contributed by atoms with Crippen LogP contribution in [0.1, 0.15) is 12.0 Å². The average Bonchev–Trinajstić information content (AvgIpc) is 2.62. The van der Waals surface area contributed by atoms with Gasteiger partial charge in [0.05, 0.1) is 6.20 Å². The van der Waals surface area contributed by atoms with Crippen molar-refractivity contribution in [3.05, 3.63) is 66.4 Å². The highest BCUT2D eigenvalue weighted by atomic mass is 15.3. The highest BCUT2D eigenvalue weighted by Gasteiger charge is 2.19. The molecular formula is C18H17N5. The van der Waals surface area contributed by atoms with Gasteiger partial charge < -0.3 is 10.2 Å². The third-order valence-electron chi connectivity index (χ3n) is 3.96. The Kier molecular flexibility index (Phi) is 3.60. The number of hydrogen-bond donors (Lipinski definition) is 1. The zero-order chi connectivity index (χ0) is 15.5. The first-order valence-corrected chi connectivity index (χ1v) is 7.77. The summed E-state index contributed by atoms with van der Waals surface area (Å²) in [5, 5.41) is 11.4. The molecule has 0 saturated heterocycles. The van der Waals surface area contributed by atoms with Crippen molar-refractivity contribution < 1.29 is 0 Å². The highest BCUT2D eigenvalue weighted by Crippen LogP contribution is 2.32. The van der Waals surface area contributed by atoms with E-state index >= 15 is 0 Å². The van der Waals surface area contributed by atoms with E-state index in [0.29, 0.717) is 5.95 Å². The fraction of sp³-hybridized carbons (Fsp3) is 0.167. The minimum Gasteiger partial charge on any atom is -0.325 e. The number of aryl methyl sites for hydroxylation is 1. The largest absolute Gasteiger partial charge is 0.325 e. The number of hydrogen-bond acceptors (Lipinski definition) is 5. The number of rotatable bonds is 3. The summed E-state index contributed by atoms with van der Waals surface area (Å²) in [6, 6.07) is 18.4. The highest BCUT2D eigenvalue weighted by molar-refractivity contribution is 5.65. The van der Waals surface area contributed by atoms with Crippen molar-refractivity contribution >= 4 is 23.1 Å². The Labute approximate surface area is 135 Å². The Morgan fingerprint density at radius 3 is 2.70 bits per heavy atom. The molecule has 5 nitrogen and oxygen atoms in total. The monoisotopic (exact) mass is 303 g/mol. The molecule has 23 heavy (non-hydrogen) atoms. The summed E-state index contributed by atoms with van der Waals surface area (Å²) in [5.74, 6) is 1.34. The number of nitrogens with one attached hydrogen (secondary N) is 1. The lowest BCUT2D eigenvalue weighted by molar-refractivity contribution is 0.754. The molecule has 0 amide bonds. The fourth-order valence-electron chi connectivity index (χ4n) is 2.90. The second-order valence-electron chi connectivity index (χ2n) is 5.51. The van der Waals surface area contributed by atoms with Gasteiger partial charge in [0.2, 0.25) is 5.95 Å². The molecule has 1 aliphatic heterocycles. The topological polar surface area (TPSA) is 53.9 Å². The maximum Gasteiger partial charge on any atom is 0.249 e. The molecule has 0 radical (unpaired) electrons. The summed E-state index contributed by atoms with van der Waals surface area (Å²) in [6.07, 6.45) is 3.95. The summed E-state index contributed by atoms with van der Waals surface area (Å²) >= 11 is 0. The summed E-state index contributed by atoms with van der Waals surface area (Å²) < 4.78 is 0. The lowest BCUT2D eigenvalue weighted by atomic mass is 10.0. The second kappa shape index (κ2) is 6.04. The first-order chi connectivity index (χ1) is 11.4. The molecule has 0 unspecified atom stereocenters. The summed E-state index contributed by atoms with van der Waals surface area (Å²) in [5.41, 5.74) is 3.52. The SMILES string of the molecule is c1ccc(Nc2nncc(N3CCCc4ccccc43)n2)cc1. The molecule has 2 heterocycles. The van der Waals surface area contributed by atoms with Crippen LogP contribution in [0.3, 0.4) is 0 Å². The van der Waals surface area contributed by atoms with E-state index in [1.807, 2.05) is 30.3 Å². The van der Waals surface area contributed by atoms with Crippen molar-refractivity contribution in [3.63, 3.8) is 0 Å². The molecule has 0 bridgehead atoms. The predicted octanol–water partition coefficient (Wildman–Crippen LogP) is 3.70. The smallest absolute Gasteiger partial charge is 0.249 e. The molecule has 2 aromatic carbocycles. The summed E-state index contributed by atoms with van der Waals surface area (Å²) in [6.45, 7) is 0.945. The standard InChI is InChI=1S/C18H17N5/c1-2-9-15(10-3-1)20-18-21-17(13-19-22-18)23-12-6-8-14-7-4-5-11-16(14)23/h1-5,7,9-11,13H,6,8,12H2,(H,20,21,22). The van der Waals surface area contributed by atoms with Gasteiger partial charge in [-0.1, -0.05) is 36.4 Å². The Balaban J connectivity index is 1.65. The predicted molar refractivity (Wildman–Crippen MR) is 91.3 cm³/mol. The van der Waals surface area contributed by atoms with Crippen molar-refractivity contribution in [2.45, 2.75) is 12.8 Å². The number of nitrogens with zero attached hydrogens (tertiary/aromatic N) is 4. The molecule has 3 aromatic rings. The third kappa shape index (κ3) is 2.85. The lowest BCUT2D eigenvalue weighted by Crippen LogP contribution is -2.25. The van der Waals surface area contributed by atoms with Gasteiger partial charge in [-0.25, -0.2) is 0 Å². The van der Waals surface area contributed by atoms with Crippen LogP contribution in [-0.4, -0.2) is 21.7 Å². The van der Waals surface area contributed by atoms with Crippen molar-refractivity contribution in [1.29, 1.82) is 0 Å². The number of aromatic nitrogens is 3. The van der Waals surface area contributed by atoms with Crippen molar-refractivity contribution in [1.82, 2.24) is 15.2 Å². The van der Waals surface area contributed by atoms with Gasteiger partial charge in [0.25, 0.3) is 0 Å². The molecule has 4 rings (SSSR count). The normalized spacial score (nSPS) is 13.5. The van der Waals surface area contributed by atoms with Crippen LogP contribution in [-0.2, 0) is 6.42 Å². The lowest BCUT2D eigenvalue weighted by Gasteiger charge is -2.30. The first kappa shape index (κ1) is 13.7. The quantitative estimate of drug-likeness (QED) is 0.799.